The van der Waals surface area contributed by atoms with Gasteiger partial charge in [0.25, 0.3) is 0 Å². The number of hydrogen-bond donors (Lipinski definition) is 0. The minimum atomic E-state index is 0.601. The highest BCUT2D eigenvalue weighted by Gasteiger charge is 2.20. The summed E-state index contributed by atoms with van der Waals surface area (Å²) in [6, 6.07) is 46.8. The number of aromatic nitrogens is 2. The van der Waals surface area contributed by atoms with Crippen molar-refractivity contribution in [3.8, 4) is 17.1 Å². The number of furan rings is 1. The van der Waals surface area contributed by atoms with Gasteiger partial charge in [-0.15, -0.1) is 0 Å². The fourth-order valence-electron chi connectivity index (χ4n) is 6.89. The number of fused-ring (bicyclic) bond motifs is 10. The minimum Gasteiger partial charge on any atom is -0.456 e. The molecule has 3 heterocycles. The minimum absolute atomic E-state index is 0.601. The molecule has 0 radical (unpaired) electrons. The van der Waals surface area contributed by atoms with Crippen LogP contribution < -0.4 is 0 Å². The largest absolute Gasteiger partial charge is 0.456 e. The zero-order chi connectivity index (χ0) is 28.1. The summed E-state index contributed by atoms with van der Waals surface area (Å²) in [7, 11) is 0. The molecule has 0 aliphatic carbocycles. The van der Waals surface area contributed by atoms with Gasteiger partial charge in [-0.3, -0.25) is 0 Å². The third-order valence-electron chi connectivity index (χ3n) is 8.81. The van der Waals surface area contributed by atoms with Crippen molar-refractivity contribution in [1.82, 2.24) is 9.55 Å². The van der Waals surface area contributed by atoms with Crippen molar-refractivity contribution >= 4 is 76.4 Å². The smallest absolute Gasteiger partial charge is 0.227 e. The molecular formula is C39H22N2O2. The van der Waals surface area contributed by atoms with Gasteiger partial charge < -0.3 is 13.4 Å². The van der Waals surface area contributed by atoms with Crippen molar-refractivity contribution in [2.45, 2.75) is 0 Å². The lowest BCUT2D eigenvalue weighted by Gasteiger charge is -2.14. The molecule has 0 aliphatic heterocycles. The molecule has 3 aromatic heterocycles. The van der Waals surface area contributed by atoms with Crippen LogP contribution >= 0.6 is 0 Å². The van der Waals surface area contributed by atoms with Gasteiger partial charge in [0.1, 0.15) is 16.7 Å². The van der Waals surface area contributed by atoms with Gasteiger partial charge in [-0.25, -0.2) is 4.98 Å². The van der Waals surface area contributed by atoms with Crippen molar-refractivity contribution in [2.24, 2.45) is 0 Å². The Morgan fingerprint density at radius 3 is 2.09 bits per heavy atom. The van der Waals surface area contributed by atoms with Gasteiger partial charge in [0, 0.05) is 27.1 Å². The monoisotopic (exact) mass is 550 g/mol. The summed E-state index contributed by atoms with van der Waals surface area (Å²) >= 11 is 0. The van der Waals surface area contributed by atoms with Crippen LogP contribution in [-0.4, -0.2) is 9.55 Å². The number of para-hydroxylation sites is 2. The van der Waals surface area contributed by atoms with Crippen LogP contribution in [0.5, 0.6) is 0 Å². The summed E-state index contributed by atoms with van der Waals surface area (Å²) < 4.78 is 15.1. The Balaban J connectivity index is 1.25. The van der Waals surface area contributed by atoms with Crippen molar-refractivity contribution in [2.75, 3.05) is 0 Å². The topological polar surface area (TPSA) is 44.1 Å². The van der Waals surface area contributed by atoms with Crippen LogP contribution in [-0.2, 0) is 0 Å². The normalized spacial score (nSPS) is 12.2. The Bertz CT molecular complexity index is 2740. The lowest BCUT2D eigenvalue weighted by molar-refractivity contribution is 0.623. The van der Waals surface area contributed by atoms with Gasteiger partial charge in [-0.05, 0) is 64.7 Å². The van der Waals surface area contributed by atoms with E-state index in [1.165, 1.54) is 32.6 Å². The molecule has 0 N–H and O–H groups in total. The van der Waals surface area contributed by atoms with Crippen LogP contribution in [0.15, 0.2) is 142 Å². The van der Waals surface area contributed by atoms with E-state index in [1.54, 1.807) is 0 Å². The molecule has 0 aliphatic rings. The summed E-state index contributed by atoms with van der Waals surface area (Å²) in [6.45, 7) is 0. The Morgan fingerprint density at radius 2 is 1.21 bits per heavy atom. The van der Waals surface area contributed by atoms with Gasteiger partial charge in [-0.2, -0.15) is 0 Å². The lowest BCUT2D eigenvalue weighted by atomic mass is 10.0. The zero-order valence-corrected chi connectivity index (χ0v) is 22.9. The number of hydrogen-bond acceptors (Lipinski definition) is 3. The fraction of sp³-hybridized carbons (Fsp3) is 0. The molecule has 0 spiro atoms. The Morgan fingerprint density at radius 1 is 0.488 bits per heavy atom. The predicted octanol–water partition coefficient (Wildman–Crippen LogP) is 10.8. The number of benzene rings is 7. The molecule has 0 saturated heterocycles. The molecule has 0 atom stereocenters. The molecule has 0 saturated carbocycles. The molecule has 43 heavy (non-hydrogen) atoms. The second-order valence-corrected chi connectivity index (χ2v) is 11.2. The van der Waals surface area contributed by atoms with Gasteiger partial charge in [0.2, 0.25) is 5.89 Å². The lowest BCUT2D eigenvalue weighted by Crippen LogP contribution is -1.96. The molecule has 7 aromatic carbocycles. The van der Waals surface area contributed by atoms with E-state index < -0.39 is 0 Å². The summed E-state index contributed by atoms with van der Waals surface area (Å²) in [5, 5.41) is 9.18. The fourth-order valence-corrected chi connectivity index (χ4v) is 6.89. The average Bonchev–Trinajstić information content (AvgIpc) is 3.75. The van der Waals surface area contributed by atoms with E-state index in [1.807, 2.05) is 30.3 Å². The van der Waals surface area contributed by atoms with E-state index in [0.29, 0.717) is 5.89 Å². The quantitative estimate of drug-likeness (QED) is 0.215. The highest BCUT2D eigenvalue weighted by atomic mass is 16.4. The van der Waals surface area contributed by atoms with Crippen molar-refractivity contribution < 1.29 is 8.83 Å². The molecule has 0 amide bonds. The van der Waals surface area contributed by atoms with Crippen LogP contribution in [0, 0.1) is 0 Å². The van der Waals surface area contributed by atoms with Crippen LogP contribution in [0.4, 0.5) is 0 Å². The summed E-state index contributed by atoms with van der Waals surface area (Å²) in [5.41, 5.74) is 7.67. The molecule has 10 rings (SSSR count). The molecular weight excluding hydrogens is 528 g/mol. The first-order chi connectivity index (χ1) is 21.3. The van der Waals surface area contributed by atoms with Crippen molar-refractivity contribution in [1.29, 1.82) is 0 Å². The maximum Gasteiger partial charge on any atom is 0.227 e. The Hall–Kier alpha value is -5.87. The number of oxazole rings is 1. The third kappa shape index (κ3) is 3.12. The van der Waals surface area contributed by atoms with E-state index in [2.05, 4.69) is 108 Å². The molecule has 10 aromatic rings. The maximum atomic E-state index is 6.58. The number of rotatable bonds is 2. The molecule has 0 fully saturated rings. The third-order valence-corrected chi connectivity index (χ3v) is 8.81. The van der Waals surface area contributed by atoms with Gasteiger partial charge in [0.05, 0.1) is 22.1 Å². The van der Waals surface area contributed by atoms with Crippen molar-refractivity contribution in [3.05, 3.63) is 133 Å². The average molecular weight is 551 g/mol. The maximum absolute atomic E-state index is 6.58. The highest BCUT2D eigenvalue weighted by molar-refractivity contribution is 6.17. The Labute approximate surface area is 245 Å². The predicted molar refractivity (Wildman–Crippen MR) is 176 cm³/mol. The first-order valence-electron chi connectivity index (χ1n) is 14.5. The molecule has 4 nitrogen and oxygen atoms in total. The van der Waals surface area contributed by atoms with Gasteiger partial charge >= 0.3 is 0 Å². The second-order valence-electron chi connectivity index (χ2n) is 11.2. The summed E-state index contributed by atoms with van der Waals surface area (Å²) in [5.74, 6) is 0.601. The van der Waals surface area contributed by atoms with Crippen LogP contribution in [0.1, 0.15) is 0 Å². The molecule has 0 unspecified atom stereocenters. The molecule has 200 valence electrons. The van der Waals surface area contributed by atoms with Crippen LogP contribution in [0.3, 0.4) is 0 Å². The van der Waals surface area contributed by atoms with E-state index in [4.69, 9.17) is 13.8 Å². The van der Waals surface area contributed by atoms with E-state index in [-0.39, 0.29) is 0 Å². The van der Waals surface area contributed by atoms with Crippen molar-refractivity contribution in [3.63, 3.8) is 0 Å². The molecule has 4 heteroatoms. The first-order valence-corrected chi connectivity index (χ1v) is 14.5. The van der Waals surface area contributed by atoms with Crippen LogP contribution in [0.25, 0.3) is 93.5 Å². The highest BCUT2D eigenvalue weighted by Crippen LogP contribution is 2.41. The van der Waals surface area contributed by atoms with E-state index in [9.17, 15) is 0 Å². The summed E-state index contributed by atoms with van der Waals surface area (Å²) in [6.07, 6.45) is 0. The standard InChI is InChI=1S/C39H22N2O2/c1-2-10-24-22-34-30(21-23(24)9-1)27-13-5-7-15-32(27)41(34)33-19-17-28(25-11-3-4-12-26(25)33)39-40-31-18-20-36-37(38(31)43-39)29-14-6-8-16-35(29)42-36/h1-22H. The van der Waals surface area contributed by atoms with Gasteiger partial charge in [-0.1, -0.05) is 84.9 Å². The van der Waals surface area contributed by atoms with Gasteiger partial charge in [0.15, 0.2) is 5.58 Å². The Kier molecular flexibility index (Phi) is 4.42. The zero-order valence-electron chi connectivity index (χ0n) is 22.9. The summed E-state index contributed by atoms with van der Waals surface area (Å²) in [4.78, 5) is 4.98. The number of nitrogens with zero attached hydrogens (tertiary/aromatic N) is 2. The van der Waals surface area contributed by atoms with E-state index >= 15 is 0 Å². The SMILES string of the molecule is c1ccc2cc3c(cc2c1)c1ccccc1n3-c1ccc(-c2nc3ccc4oc5ccccc5c4c3o2)c2ccccc12. The first kappa shape index (κ1) is 22.8. The van der Waals surface area contributed by atoms with Crippen LogP contribution in [0.2, 0.25) is 0 Å². The second kappa shape index (κ2) is 8.34. The molecule has 0 bridgehead atoms. The van der Waals surface area contributed by atoms with E-state index in [0.717, 1.165) is 55.1 Å².